The predicted octanol–water partition coefficient (Wildman–Crippen LogP) is 5.18. The van der Waals surface area contributed by atoms with Crippen molar-refractivity contribution in [2.75, 3.05) is 13.1 Å². The summed E-state index contributed by atoms with van der Waals surface area (Å²) < 4.78 is 0. The predicted molar refractivity (Wildman–Crippen MR) is 96.3 cm³/mol. The molecule has 0 bridgehead atoms. The van der Waals surface area contributed by atoms with E-state index in [9.17, 15) is 0 Å². The van der Waals surface area contributed by atoms with Crippen molar-refractivity contribution in [3.05, 3.63) is 41.1 Å². The fraction of sp³-hybridized carbons (Fsp3) is 0.500. The summed E-state index contributed by atoms with van der Waals surface area (Å²) in [6.45, 7) is 9.33. The third kappa shape index (κ3) is 2.21. The molecular weight excluding hydrogens is 268 g/mol. The zero-order valence-electron chi connectivity index (χ0n) is 13.9. The van der Waals surface area contributed by atoms with Crippen LogP contribution in [0.1, 0.15) is 58.5 Å². The average Bonchev–Trinajstić information content (AvgIpc) is 3.11. The molecule has 1 aromatic heterocycles. The molecule has 1 unspecified atom stereocenters. The molecule has 0 amide bonds. The fourth-order valence-corrected chi connectivity index (χ4v) is 4.23. The molecule has 0 spiro atoms. The summed E-state index contributed by atoms with van der Waals surface area (Å²) in [6.07, 6.45) is 6.20. The Balaban J connectivity index is 0.00000156. The number of H-pyrrole nitrogens is 1. The maximum absolute atomic E-state index is 3.48. The molecule has 0 aliphatic carbocycles. The van der Waals surface area contributed by atoms with Crippen molar-refractivity contribution in [1.29, 1.82) is 0 Å². The number of fused-ring (bicyclic) bond motifs is 2. The Bertz CT molecular complexity index is 741. The molecule has 2 heteroatoms. The zero-order valence-corrected chi connectivity index (χ0v) is 13.9. The molecule has 118 valence electrons. The molecule has 1 N–H and O–H groups in total. The second-order valence-electron chi connectivity index (χ2n) is 7.39. The highest BCUT2D eigenvalue weighted by Gasteiger charge is 2.31. The number of benzene rings is 1. The Labute approximate surface area is 134 Å². The first kappa shape index (κ1) is 14.1. The number of nitrogens with zero attached hydrogens (tertiary/aromatic N) is 1. The molecule has 0 radical (unpaired) electrons. The van der Waals surface area contributed by atoms with E-state index in [1.165, 1.54) is 47.8 Å². The van der Waals surface area contributed by atoms with Gasteiger partial charge in [0, 0.05) is 36.7 Å². The molecule has 0 saturated carbocycles. The van der Waals surface area contributed by atoms with Crippen molar-refractivity contribution in [3.63, 3.8) is 0 Å². The highest BCUT2D eigenvalue weighted by molar-refractivity contribution is 5.94. The van der Waals surface area contributed by atoms with Crippen molar-refractivity contribution in [3.8, 4) is 0 Å². The van der Waals surface area contributed by atoms with Crippen LogP contribution in [0.5, 0.6) is 0 Å². The lowest BCUT2D eigenvalue weighted by Crippen LogP contribution is -2.34. The van der Waals surface area contributed by atoms with Crippen LogP contribution in [-0.2, 0) is 0 Å². The maximum Gasteiger partial charge on any atom is 0.0460 e. The van der Waals surface area contributed by atoms with E-state index in [1.54, 1.807) is 11.1 Å². The molecule has 1 aromatic carbocycles. The van der Waals surface area contributed by atoms with Gasteiger partial charge in [-0.15, -0.1) is 0 Å². The molecule has 4 rings (SSSR count). The van der Waals surface area contributed by atoms with Crippen LogP contribution in [0, 0.1) is 0 Å². The lowest BCUT2D eigenvalue weighted by molar-refractivity contribution is 0.267. The van der Waals surface area contributed by atoms with E-state index in [0.717, 1.165) is 12.6 Å². The Morgan fingerprint density at radius 3 is 3.00 bits per heavy atom. The summed E-state index contributed by atoms with van der Waals surface area (Å²) in [5, 5.41) is 1.41. The summed E-state index contributed by atoms with van der Waals surface area (Å²) in [7, 11) is 0. The van der Waals surface area contributed by atoms with Gasteiger partial charge in [0.1, 0.15) is 0 Å². The van der Waals surface area contributed by atoms with Gasteiger partial charge < -0.3 is 4.98 Å². The van der Waals surface area contributed by atoms with Crippen LogP contribution < -0.4 is 0 Å². The van der Waals surface area contributed by atoms with Crippen molar-refractivity contribution in [1.82, 2.24) is 9.88 Å². The van der Waals surface area contributed by atoms with Crippen LogP contribution in [0.4, 0.5) is 0 Å². The largest absolute Gasteiger partial charge is 0.361 e. The number of hydrogen-bond acceptors (Lipinski definition) is 1. The monoisotopic (exact) mass is 296 g/mol. The van der Waals surface area contributed by atoms with Crippen molar-refractivity contribution in [2.45, 2.75) is 52.0 Å². The van der Waals surface area contributed by atoms with Crippen molar-refractivity contribution in [2.24, 2.45) is 0 Å². The second kappa shape index (κ2) is 5.27. The van der Waals surface area contributed by atoms with Crippen molar-refractivity contribution < 1.29 is 1.43 Å². The van der Waals surface area contributed by atoms with Crippen LogP contribution in [-0.4, -0.2) is 29.0 Å². The minimum atomic E-state index is 0. The molecule has 1 atom stereocenters. The quantitative estimate of drug-likeness (QED) is 0.809. The fourth-order valence-electron chi connectivity index (χ4n) is 4.23. The first-order valence-corrected chi connectivity index (χ1v) is 8.67. The Morgan fingerprint density at radius 2 is 2.18 bits per heavy atom. The van der Waals surface area contributed by atoms with E-state index in [0.29, 0.717) is 5.92 Å². The van der Waals surface area contributed by atoms with Gasteiger partial charge in [-0.25, -0.2) is 0 Å². The third-order valence-electron chi connectivity index (χ3n) is 5.59. The Morgan fingerprint density at radius 1 is 1.32 bits per heavy atom. The number of aromatic amines is 1. The van der Waals surface area contributed by atoms with Gasteiger partial charge in [0.05, 0.1) is 0 Å². The van der Waals surface area contributed by atoms with Crippen LogP contribution in [0.2, 0.25) is 0 Å². The average molecular weight is 296 g/mol. The summed E-state index contributed by atoms with van der Waals surface area (Å²) in [4.78, 5) is 6.16. The first-order valence-electron chi connectivity index (χ1n) is 8.67. The molecule has 2 aliphatic rings. The van der Waals surface area contributed by atoms with Crippen LogP contribution in [0.15, 0.2) is 30.0 Å². The zero-order chi connectivity index (χ0) is 15.3. The molecule has 2 aliphatic heterocycles. The maximum atomic E-state index is 3.48. The van der Waals surface area contributed by atoms with E-state index >= 15 is 0 Å². The van der Waals surface area contributed by atoms with Gasteiger partial charge in [0.2, 0.25) is 0 Å². The third-order valence-corrected chi connectivity index (χ3v) is 5.59. The van der Waals surface area contributed by atoms with Gasteiger partial charge in [-0.2, -0.15) is 0 Å². The van der Waals surface area contributed by atoms with Crippen LogP contribution in [0.25, 0.3) is 16.5 Å². The first-order chi connectivity index (χ1) is 10.6. The summed E-state index contributed by atoms with van der Waals surface area (Å²) >= 11 is 0. The lowest BCUT2D eigenvalue weighted by atomic mass is 9.89. The van der Waals surface area contributed by atoms with E-state index in [4.69, 9.17) is 0 Å². The van der Waals surface area contributed by atoms with Crippen LogP contribution >= 0.6 is 0 Å². The summed E-state index contributed by atoms with van der Waals surface area (Å²) in [6, 6.07) is 7.67. The van der Waals surface area contributed by atoms with E-state index in [1.807, 2.05) is 0 Å². The highest BCUT2D eigenvalue weighted by Crippen LogP contribution is 2.38. The number of aromatic nitrogens is 1. The SMILES string of the molecule is CC1=C(c2c[nH]c3ccc(C(C)C)cc23)CC2CCCN2C1.[HH]. The number of hydrogen-bond donors (Lipinski definition) is 1. The van der Waals surface area contributed by atoms with Gasteiger partial charge in [0.25, 0.3) is 0 Å². The summed E-state index contributed by atoms with van der Waals surface area (Å²) in [5.41, 5.74) is 7.31. The Kier molecular flexibility index (Phi) is 3.37. The van der Waals surface area contributed by atoms with Gasteiger partial charge in [-0.05, 0) is 61.9 Å². The topological polar surface area (TPSA) is 19.0 Å². The lowest BCUT2D eigenvalue weighted by Gasteiger charge is -2.32. The van der Waals surface area contributed by atoms with Gasteiger partial charge in [0.15, 0.2) is 0 Å². The van der Waals surface area contributed by atoms with Gasteiger partial charge in [-0.3, -0.25) is 4.90 Å². The minimum absolute atomic E-state index is 0. The molecule has 3 heterocycles. The molecule has 22 heavy (non-hydrogen) atoms. The van der Waals surface area contributed by atoms with Crippen LogP contribution in [0.3, 0.4) is 0 Å². The smallest absolute Gasteiger partial charge is 0.0460 e. The standard InChI is InChI=1S/C20H26N2.H2/c1-13(2)15-6-7-20-18(9-15)19(11-21-20)17-10-16-5-4-8-22(16)12-14(17)3;/h6-7,9,11,13,16,21H,4-5,8,10,12H2,1-3H3;1H. The molecule has 2 nitrogen and oxygen atoms in total. The summed E-state index contributed by atoms with van der Waals surface area (Å²) in [5.74, 6) is 0.582. The van der Waals surface area contributed by atoms with E-state index < -0.39 is 0 Å². The second-order valence-corrected chi connectivity index (χ2v) is 7.39. The molecule has 1 fully saturated rings. The van der Waals surface area contributed by atoms with E-state index in [-0.39, 0.29) is 1.43 Å². The van der Waals surface area contributed by atoms with Crippen molar-refractivity contribution >= 4 is 16.5 Å². The van der Waals surface area contributed by atoms with E-state index in [2.05, 4.69) is 55.1 Å². The van der Waals surface area contributed by atoms with Gasteiger partial charge >= 0.3 is 0 Å². The Hall–Kier alpha value is -1.54. The molecule has 2 aromatic rings. The number of rotatable bonds is 2. The van der Waals surface area contributed by atoms with Gasteiger partial charge in [-0.1, -0.05) is 25.5 Å². The normalized spacial score (nSPS) is 22.8. The number of nitrogens with one attached hydrogen (secondary N) is 1. The molecular formula is C20H28N2. The molecule has 1 saturated heterocycles. The minimum Gasteiger partial charge on any atom is -0.361 e. The highest BCUT2D eigenvalue weighted by atomic mass is 15.2.